The highest BCUT2D eigenvalue weighted by molar-refractivity contribution is 9.10. The molecular weight excluding hydrogens is 367 g/mol. The Morgan fingerprint density at radius 1 is 1.35 bits per heavy atom. The number of rotatable bonds is 5. The number of nitrogens with one attached hydrogen (secondary N) is 1. The molecule has 7 heteroatoms. The average molecular weight is 378 g/mol. The lowest BCUT2D eigenvalue weighted by Gasteiger charge is -2.05. The first-order valence-corrected chi connectivity index (χ1v) is 7.67. The van der Waals surface area contributed by atoms with Gasteiger partial charge in [-0.05, 0) is 34.8 Å². The maximum absolute atomic E-state index is 6.07. The van der Waals surface area contributed by atoms with Gasteiger partial charge in [-0.1, -0.05) is 23.2 Å². The van der Waals surface area contributed by atoms with Crippen LogP contribution in [0.3, 0.4) is 0 Å². The molecule has 1 N–H and O–H groups in total. The molecule has 0 aliphatic heterocycles. The van der Waals surface area contributed by atoms with Crippen molar-refractivity contribution in [3.8, 4) is 11.8 Å². The second-order valence-electron chi connectivity index (χ2n) is 4.56. The summed E-state index contributed by atoms with van der Waals surface area (Å²) in [5.74, 6) is 0.406. The van der Waals surface area contributed by atoms with Crippen molar-refractivity contribution in [2.24, 2.45) is 0 Å². The Hall–Kier alpha value is -0.750. The standard InChI is InChI=1S/C13H11BrCl2N2O2/c14-9-3-11(16)12(4-10(9)15)20-13-18-8(6-19-13)5-17-7-1-2-7/h3-4,6-7,17H,1-2,5H2. The number of halogens is 3. The number of benzene rings is 1. The van der Waals surface area contributed by atoms with Crippen molar-refractivity contribution in [3.05, 3.63) is 38.6 Å². The lowest BCUT2D eigenvalue weighted by atomic mass is 10.3. The Balaban J connectivity index is 1.69. The quantitative estimate of drug-likeness (QED) is 0.761. The number of ether oxygens (including phenoxy) is 1. The van der Waals surface area contributed by atoms with E-state index in [1.165, 1.54) is 12.8 Å². The van der Waals surface area contributed by atoms with Gasteiger partial charge in [0.25, 0.3) is 0 Å². The molecule has 0 radical (unpaired) electrons. The Bertz CT molecular complexity index is 629. The van der Waals surface area contributed by atoms with E-state index in [-0.39, 0.29) is 6.08 Å². The van der Waals surface area contributed by atoms with E-state index in [4.69, 9.17) is 32.4 Å². The van der Waals surface area contributed by atoms with E-state index >= 15 is 0 Å². The van der Waals surface area contributed by atoms with E-state index in [1.54, 1.807) is 18.4 Å². The summed E-state index contributed by atoms with van der Waals surface area (Å²) >= 11 is 15.4. The van der Waals surface area contributed by atoms with Crippen LogP contribution in [0.2, 0.25) is 10.0 Å². The zero-order valence-corrected chi connectivity index (χ0v) is 13.4. The third-order valence-corrected chi connectivity index (χ3v) is 4.34. The second-order valence-corrected chi connectivity index (χ2v) is 6.23. The molecule has 0 spiro atoms. The summed E-state index contributed by atoms with van der Waals surface area (Å²) in [6.07, 6.45) is 4.18. The van der Waals surface area contributed by atoms with E-state index in [2.05, 4.69) is 26.2 Å². The van der Waals surface area contributed by atoms with Gasteiger partial charge >= 0.3 is 6.08 Å². The highest BCUT2D eigenvalue weighted by Crippen LogP contribution is 2.36. The summed E-state index contributed by atoms with van der Waals surface area (Å²) in [7, 11) is 0. The number of oxazole rings is 1. The molecule has 0 saturated heterocycles. The number of hydrogen-bond donors (Lipinski definition) is 1. The van der Waals surface area contributed by atoms with Crippen LogP contribution in [0.25, 0.3) is 0 Å². The van der Waals surface area contributed by atoms with Gasteiger partial charge in [-0.2, -0.15) is 4.98 Å². The summed E-state index contributed by atoms with van der Waals surface area (Å²) in [6.45, 7) is 0.673. The molecular formula is C13H11BrCl2N2O2. The van der Waals surface area contributed by atoms with Crippen LogP contribution in [0.1, 0.15) is 18.5 Å². The molecule has 1 aromatic heterocycles. The molecule has 1 heterocycles. The van der Waals surface area contributed by atoms with Crippen LogP contribution in [0.5, 0.6) is 11.8 Å². The van der Waals surface area contributed by atoms with E-state index in [1.807, 2.05) is 0 Å². The van der Waals surface area contributed by atoms with Crippen LogP contribution in [-0.2, 0) is 6.54 Å². The average Bonchev–Trinajstić information content (AvgIpc) is 3.14. The fourth-order valence-corrected chi connectivity index (χ4v) is 2.46. The van der Waals surface area contributed by atoms with Crippen LogP contribution in [-0.4, -0.2) is 11.0 Å². The molecule has 3 rings (SSSR count). The third kappa shape index (κ3) is 3.47. The minimum atomic E-state index is 0.151. The second kappa shape index (κ2) is 5.93. The molecule has 0 bridgehead atoms. The number of nitrogens with zero attached hydrogens (tertiary/aromatic N) is 1. The summed E-state index contributed by atoms with van der Waals surface area (Å²) in [5, 5.41) is 4.28. The molecule has 106 valence electrons. The van der Waals surface area contributed by atoms with Crippen molar-refractivity contribution in [1.29, 1.82) is 0 Å². The number of hydrogen-bond acceptors (Lipinski definition) is 4. The van der Waals surface area contributed by atoms with Crippen molar-refractivity contribution in [2.75, 3.05) is 0 Å². The van der Waals surface area contributed by atoms with Crippen molar-refractivity contribution < 1.29 is 9.15 Å². The molecule has 1 saturated carbocycles. The summed E-state index contributed by atoms with van der Waals surface area (Å²) in [4.78, 5) is 4.23. The zero-order chi connectivity index (χ0) is 14.1. The highest BCUT2D eigenvalue weighted by atomic mass is 79.9. The van der Waals surface area contributed by atoms with Gasteiger partial charge in [-0.3, -0.25) is 0 Å². The maximum atomic E-state index is 6.07. The van der Waals surface area contributed by atoms with Gasteiger partial charge in [0.05, 0.1) is 15.7 Å². The highest BCUT2D eigenvalue weighted by Gasteiger charge is 2.20. The molecule has 0 amide bonds. The summed E-state index contributed by atoms with van der Waals surface area (Å²) in [6, 6.07) is 3.90. The SMILES string of the molecule is Clc1cc(Oc2nc(CNC3CC3)co2)c(Cl)cc1Br. The third-order valence-electron chi connectivity index (χ3n) is 2.85. The summed E-state index contributed by atoms with van der Waals surface area (Å²) in [5.41, 5.74) is 0.797. The normalized spacial score (nSPS) is 14.6. The lowest BCUT2D eigenvalue weighted by Crippen LogP contribution is -2.15. The van der Waals surface area contributed by atoms with Crippen LogP contribution in [0, 0.1) is 0 Å². The van der Waals surface area contributed by atoms with Gasteiger partial charge in [-0.15, -0.1) is 0 Å². The minimum absolute atomic E-state index is 0.151. The van der Waals surface area contributed by atoms with E-state index < -0.39 is 0 Å². The molecule has 1 aromatic carbocycles. The lowest BCUT2D eigenvalue weighted by molar-refractivity contribution is 0.331. The fraction of sp³-hybridized carbons (Fsp3) is 0.308. The van der Waals surface area contributed by atoms with Gasteiger partial charge in [0.2, 0.25) is 0 Å². The van der Waals surface area contributed by atoms with Gasteiger partial charge in [0, 0.05) is 23.1 Å². The first kappa shape index (κ1) is 14.2. The monoisotopic (exact) mass is 376 g/mol. The van der Waals surface area contributed by atoms with Crippen LogP contribution < -0.4 is 10.1 Å². The Labute approximate surface area is 134 Å². The van der Waals surface area contributed by atoms with Crippen LogP contribution in [0.15, 0.2) is 27.3 Å². The van der Waals surface area contributed by atoms with E-state index in [0.29, 0.717) is 32.9 Å². The predicted molar refractivity (Wildman–Crippen MR) is 80.6 cm³/mol. The van der Waals surface area contributed by atoms with Crippen molar-refractivity contribution in [2.45, 2.75) is 25.4 Å². The molecule has 0 unspecified atom stereocenters. The summed E-state index contributed by atoms with van der Waals surface area (Å²) < 4.78 is 11.5. The molecule has 2 aromatic rings. The largest absolute Gasteiger partial charge is 0.417 e. The molecule has 20 heavy (non-hydrogen) atoms. The van der Waals surface area contributed by atoms with Gasteiger partial charge in [-0.25, -0.2) is 0 Å². The van der Waals surface area contributed by atoms with E-state index in [0.717, 1.165) is 5.69 Å². The Morgan fingerprint density at radius 2 is 2.15 bits per heavy atom. The maximum Gasteiger partial charge on any atom is 0.399 e. The molecule has 4 nitrogen and oxygen atoms in total. The minimum Gasteiger partial charge on any atom is -0.417 e. The predicted octanol–water partition coefficient (Wildman–Crippen LogP) is 4.79. The zero-order valence-electron chi connectivity index (χ0n) is 10.3. The number of aromatic nitrogens is 1. The van der Waals surface area contributed by atoms with Gasteiger partial charge in [0.15, 0.2) is 5.75 Å². The fourth-order valence-electron chi connectivity index (χ4n) is 1.63. The van der Waals surface area contributed by atoms with Crippen molar-refractivity contribution in [3.63, 3.8) is 0 Å². The van der Waals surface area contributed by atoms with Crippen LogP contribution >= 0.6 is 39.1 Å². The van der Waals surface area contributed by atoms with Gasteiger partial charge in [0.1, 0.15) is 6.26 Å². The molecule has 0 atom stereocenters. The first-order chi connectivity index (χ1) is 9.61. The smallest absolute Gasteiger partial charge is 0.399 e. The Kier molecular flexibility index (Phi) is 4.21. The first-order valence-electron chi connectivity index (χ1n) is 6.12. The topological polar surface area (TPSA) is 47.3 Å². The van der Waals surface area contributed by atoms with Crippen LogP contribution in [0.4, 0.5) is 0 Å². The van der Waals surface area contributed by atoms with Crippen molar-refractivity contribution in [1.82, 2.24) is 10.3 Å². The molecule has 1 aliphatic rings. The molecule has 1 aliphatic carbocycles. The molecule has 1 fully saturated rings. The van der Waals surface area contributed by atoms with E-state index in [9.17, 15) is 0 Å². The van der Waals surface area contributed by atoms with Gasteiger partial charge < -0.3 is 14.5 Å². The Morgan fingerprint density at radius 3 is 2.90 bits per heavy atom. The van der Waals surface area contributed by atoms with Crippen molar-refractivity contribution >= 4 is 39.1 Å².